The van der Waals surface area contributed by atoms with E-state index in [9.17, 15) is 9.18 Å². The van der Waals surface area contributed by atoms with Crippen LogP contribution in [0.3, 0.4) is 0 Å². The Labute approximate surface area is 59.4 Å². The summed E-state index contributed by atoms with van der Waals surface area (Å²) in [6.45, 7) is 1.45. The van der Waals surface area contributed by atoms with Crippen LogP contribution in [0.1, 0.15) is 19.8 Å². The molecule has 58 valence electrons. The molecule has 2 nitrogen and oxygen atoms in total. The number of hydrogen-bond donors (Lipinski definition) is 1. The zero-order valence-electron chi connectivity index (χ0n) is 5.88. The number of allylic oxidation sites excluding steroid dienone is 1. The molecule has 0 aliphatic carbocycles. The van der Waals surface area contributed by atoms with Gasteiger partial charge in [-0.05, 0) is 19.8 Å². The van der Waals surface area contributed by atoms with E-state index in [0.29, 0.717) is 12.8 Å². The lowest BCUT2D eigenvalue weighted by molar-refractivity contribution is -0.131. The molecule has 0 spiro atoms. The first-order chi connectivity index (χ1) is 4.63. The van der Waals surface area contributed by atoms with Crippen molar-refractivity contribution < 1.29 is 14.3 Å². The third kappa shape index (κ3) is 7.14. The van der Waals surface area contributed by atoms with Crippen molar-refractivity contribution in [3.8, 4) is 0 Å². The first-order valence-corrected chi connectivity index (χ1v) is 3.16. The molecule has 0 heterocycles. The molecule has 0 aromatic carbocycles. The minimum absolute atomic E-state index is 0.393. The number of alkyl halides is 1. The number of carbonyl (C=O) groups is 1. The maximum atomic E-state index is 12.0. The molecule has 10 heavy (non-hydrogen) atoms. The molecule has 0 aromatic rings. The lowest BCUT2D eigenvalue weighted by atomic mass is 10.2. The van der Waals surface area contributed by atoms with Gasteiger partial charge in [0, 0.05) is 6.08 Å². The molecule has 0 aliphatic rings. The Morgan fingerprint density at radius 2 is 2.40 bits per heavy atom. The zero-order chi connectivity index (χ0) is 7.98. The fourth-order valence-corrected chi connectivity index (χ4v) is 0.510. The molecule has 0 aliphatic heterocycles. The summed E-state index contributed by atoms with van der Waals surface area (Å²) in [5.74, 6) is -0.980. The molecule has 0 fully saturated rings. The van der Waals surface area contributed by atoms with Crippen molar-refractivity contribution in [1.29, 1.82) is 0 Å². The van der Waals surface area contributed by atoms with Crippen molar-refractivity contribution in [1.82, 2.24) is 0 Å². The van der Waals surface area contributed by atoms with E-state index in [2.05, 4.69) is 0 Å². The number of hydrogen-bond acceptors (Lipinski definition) is 1. The molecule has 0 saturated carbocycles. The summed E-state index contributed by atoms with van der Waals surface area (Å²) in [7, 11) is 0. The Kier molecular flexibility index (Phi) is 4.54. The smallest absolute Gasteiger partial charge is 0.327 e. The van der Waals surface area contributed by atoms with Crippen molar-refractivity contribution in [3.05, 3.63) is 12.2 Å². The van der Waals surface area contributed by atoms with Crippen LogP contribution < -0.4 is 0 Å². The van der Waals surface area contributed by atoms with Gasteiger partial charge in [-0.2, -0.15) is 0 Å². The fraction of sp³-hybridized carbons (Fsp3) is 0.571. The van der Waals surface area contributed by atoms with Gasteiger partial charge in [0.05, 0.1) is 6.17 Å². The first kappa shape index (κ1) is 9.14. The number of aliphatic carboxylic acids is 1. The normalized spacial score (nSPS) is 13.8. The average molecular weight is 146 g/mol. The molecule has 0 amide bonds. The number of halogens is 1. The first-order valence-electron chi connectivity index (χ1n) is 3.16. The number of rotatable bonds is 4. The summed E-state index contributed by atoms with van der Waals surface area (Å²) in [5.41, 5.74) is 0. The highest BCUT2D eigenvalue weighted by Gasteiger charge is 1.94. The molecule has 0 saturated heterocycles. The van der Waals surface area contributed by atoms with Gasteiger partial charge in [0.15, 0.2) is 0 Å². The predicted molar refractivity (Wildman–Crippen MR) is 36.6 cm³/mol. The maximum Gasteiger partial charge on any atom is 0.327 e. The van der Waals surface area contributed by atoms with Gasteiger partial charge in [0.25, 0.3) is 0 Å². The van der Waals surface area contributed by atoms with Crippen LogP contribution in [-0.4, -0.2) is 17.2 Å². The second-order valence-electron chi connectivity index (χ2n) is 2.10. The Bertz CT molecular complexity index is 130. The standard InChI is InChI=1S/C7H11FO2/c1-6(8)4-2-3-5-7(9)10/h3,5-6H,2,4H2,1H3,(H,9,10)/b5-3+/t6-/m0/s1. The van der Waals surface area contributed by atoms with Gasteiger partial charge in [-0.3, -0.25) is 0 Å². The van der Waals surface area contributed by atoms with Crippen molar-refractivity contribution in [2.45, 2.75) is 25.9 Å². The molecule has 0 radical (unpaired) electrons. The highest BCUT2D eigenvalue weighted by atomic mass is 19.1. The van der Waals surface area contributed by atoms with Gasteiger partial charge in [-0.25, -0.2) is 9.18 Å². The monoisotopic (exact) mass is 146 g/mol. The van der Waals surface area contributed by atoms with Gasteiger partial charge in [0.2, 0.25) is 0 Å². The third-order valence-corrected chi connectivity index (χ3v) is 0.992. The summed E-state index contributed by atoms with van der Waals surface area (Å²) in [5, 5.41) is 8.10. The molecule has 3 heteroatoms. The average Bonchev–Trinajstić information content (AvgIpc) is 1.79. The van der Waals surface area contributed by atoms with E-state index in [1.165, 1.54) is 13.0 Å². The molecule has 1 atom stereocenters. The second kappa shape index (κ2) is 4.97. The molecular formula is C7H11FO2. The minimum Gasteiger partial charge on any atom is -0.478 e. The SMILES string of the molecule is C[C@H](F)CC/C=C/C(=O)O. The number of carboxylic acid groups (broad SMARTS) is 1. The van der Waals surface area contributed by atoms with Gasteiger partial charge in [-0.15, -0.1) is 0 Å². The topological polar surface area (TPSA) is 37.3 Å². The highest BCUT2D eigenvalue weighted by Crippen LogP contribution is 2.00. The zero-order valence-corrected chi connectivity index (χ0v) is 5.88. The fourth-order valence-electron chi connectivity index (χ4n) is 0.510. The van der Waals surface area contributed by atoms with Crippen LogP contribution in [0.5, 0.6) is 0 Å². The molecule has 0 rings (SSSR count). The van der Waals surface area contributed by atoms with E-state index in [1.807, 2.05) is 0 Å². The molecule has 0 unspecified atom stereocenters. The van der Waals surface area contributed by atoms with Gasteiger partial charge in [-0.1, -0.05) is 6.08 Å². The molecule has 1 N–H and O–H groups in total. The molecule has 0 aromatic heterocycles. The Morgan fingerprint density at radius 3 is 2.80 bits per heavy atom. The summed E-state index contributed by atoms with van der Waals surface area (Å²) in [6, 6.07) is 0. The predicted octanol–water partition coefficient (Wildman–Crippen LogP) is 1.77. The van der Waals surface area contributed by atoms with Crippen LogP contribution in [0.4, 0.5) is 4.39 Å². The van der Waals surface area contributed by atoms with Crippen molar-refractivity contribution in [2.75, 3.05) is 0 Å². The van der Waals surface area contributed by atoms with Crippen molar-refractivity contribution in [2.24, 2.45) is 0 Å². The highest BCUT2D eigenvalue weighted by molar-refractivity contribution is 5.79. The lowest BCUT2D eigenvalue weighted by Gasteiger charge is -1.94. The van der Waals surface area contributed by atoms with Crippen molar-refractivity contribution in [3.63, 3.8) is 0 Å². The summed E-state index contributed by atoms with van der Waals surface area (Å²) in [6.07, 6.45) is 2.52. The third-order valence-electron chi connectivity index (χ3n) is 0.992. The summed E-state index contributed by atoms with van der Waals surface area (Å²) >= 11 is 0. The Morgan fingerprint density at radius 1 is 1.80 bits per heavy atom. The second-order valence-corrected chi connectivity index (χ2v) is 2.10. The van der Waals surface area contributed by atoms with Crippen LogP contribution in [0.15, 0.2) is 12.2 Å². The Balaban J connectivity index is 3.27. The van der Waals surface area contributed by atoms with Crippen LogP contribution in [0, 0.1) is 0 Å². The van der Waals surface area contributed by atoms with Gasteiger partial charge in [0.1, 0.15) is 0 Å². The van der Waals surface area contributed by atoms with Crippen LogP contribution >= 0.6 is 0 Å². The lowest BCUT2D eigenvalue weighted by Crippen LogP contribution is -1.90. The largest absolute Gasteiger partial charge is 0.478 e. The molecule has 0 bridgehead atoms. The van der Waals surface area contributed by atoms with Crippen LogP contribution in [0.25, 0.3) is 0 Å². The van der Waals surface area contributed by atoms with E-state index in [4.69, 9.17) is 5.11 Å². The van der Waals surface area contributed by atoms with Crippen LogP contribution in [0.2, 0.25) is 0 Å². The van der Waals surface area contributed by atoms with E-state index >= 15 is 0 Å². The maximum absolute atomic E-state index is 12.0. The van der Waals surface area contributed by atoms with E-state index in [1.54, 1.807) is 0 Å². The minimum atomic E-state index is -0.980. The van der Waals surface area contributed by atoms with E-state index < -0.39 is 12.1 Å². The van der Waals surface area contributed by atoms with E-state index in [0.717, 1.165) is 6.08 Å². The van der Waals surface area contributed by atoms with E-state index in [-0.39, 0.29) is 0 Å². The summed E-state index contributed by atoms with van der Waals surface area (Å²) < 4.78 is 12.0. The van der Waals surface area contributed by atoms with Crippen LogP contribution in [-0.2, 0) is 4.79 Å². The van der Waals surface area contributed by atoms with Gasteiger partial charge >= 0.3 is 5.97 Å². The molecular weight excluding hydrogens is 135 g/mol. The van der Waals surface area contributed by atoms with Crippen molar-refractivity contribution >= 4 is 5.97 Å². The quantitative estimate of drug-likeness (QED) is 0.613. The number of carboxylic acids is 1. The summed E-state index contributed by atoms with van der Waals surface area (Å²) in [4.78, 5) is 9.86. The Hall–Kier alpha value is -0.860. The van der Waals surface area contributed by atoms with Gasteiger partial charge < -0.3 is 5.11 Å².